The van der Waals surface area contributed by atoms with Crippen LogP contribution in [-0.2, 0) is 14.3 Å². The van der Waals surface area contributed by atoms with Gasteiger partial charge in [-0.2, -0.15) is 0 Å². The number of ether oxygens (including phenoxy) is 2. The first-order chi connectivity index (χ1) is 6.72. The molecule has 0 aliphatic heterocycles. The number of carbonyl (C=O) groups is 1. The van der Waals surface area contributed by atoms with Gasteiger partial charge in [-0.25, -0.2) is 0 Å². The van der Waals surface area contributed by atoms with Crippen molar-refractivity contribution < 1.29 is 14.3 Å². The minimum Gasteiger partial charge on any atom is -0.355 e. The number of hydrogen-bond donors (Lipinski definition) is 0. The number of Topliss-reactive ketones (excluding diaryl/α,β-unsaturated/α-hetero) is 1. The smallest absolute Gasteiger partial charge is 0.166 e. The van der Waals surface area contributed by atoms with Gasteiger partial charge >= 0.3 is 0 Å². The third kappa shape index (κ3) is 2.55. The summed E-state index contributed by atoms with van der Waals surface area (Å²) in [6.07, 6.45) is 3.43. The van der Waals surface area contributed by atoms with Gasteiger partial charge in [0.15, 0.2) is 6.29 Å². The lowest BCUT2D eigenvalue weighted by molar-refractivity contribution is -0.162. The minimum atomic E-state index is -0.350. The first kappa shape index (κ1) is 11.7. The zero-order valence-electron chi connectivity index (χ0n) is 9.29. The third-order valence-electron chi connectivity index (χ3n) is 3.17. The lowest BCUT2D eigenvalue weighted by atomic mass is 9.79. The van der Waals surface area contributed by atoms with Gasteiger partial charge < -0.3 is 9.47 Å². The quantitative estimate of drug-likeness (QED) is 0.651. The number of carbonyl (C=O) groups excluding carboxylic acids is 1. The van der Waals surface area contributed by atoms with E-state index in [0.29, 0.717) is 18.1 Å². The largest absolute Gasteiger partial charge is 0.355 e. The topological polar surface area (TPSA) is 35.5 Å². The molecule has 1 aliphatic carbocycles. The van der Waals surface area contributed by atoms with Crippen LogP contribution >= 0.6 is 0 Å². The SMILES string of the molecule is CCC1CCC(=O)C(C(OC)OC)C1. The molecule has 3 nitrogen and oxygen atoms in total. The first-order valence-corrected chi connectivity index (χ1v) is 5.31. The van der Waals surface area contributed by atoms with Gasteiger partial charge in [-0.05, 0) is 18.8 Å². The molecule has 0 bridgehead atoms. The summed E-state index contributed by atoms with van der Waals surface area (Å²) in [5.41, 5.74) is 0. The van der Waals surface area contributed by atoms with Crippen molar-refractivity contribution in [1.82, 2.24) is 0 Å². The fourth-order valence-electron chi connectivity index (χ4n) is 2.20. The Labute approximate surface area is 85.8 Å². The van der Waals surface area contributed by atoms with Crippen LogP contribution in [0.1, 0.15) is 32.6 Å². The maximum absolute atomic E-state index is 11.7. The second-order valence-electron chi connectivity index (χ2n) is 3.96. The van der Waals surface area contributed by atoms with Gasteiger partial charge in [0.1, 0.15) is 5.78 Å². The van der Waals surface area contributed by atoms with E-state index in [9.17, 15) is 4.79 Å². The molecular weight excluding hydrogens is 180 g/mol. The maximum Gasteiger partial charge on any atom is 0.166 e. The lowest BCUT2D eigenvalue weighted by Crippen LogP contribution is -2.36. The van der Waals surface area contributed by atoms with Crippen LogP contribution in [0.5, 0.6) is 0 Å². The summed E-state index contributed by atoms with van der Waals surface area (Å²) < 4.78 is 10.3. The highest BCUT2D eigenvalue weighted by molar-refractivity contribution is 5.82. The number of rotatable bonds is 4. The molecule has 3 heteroatoms. The molecule has 2 atom stereocenters. The molecule has 0 aromatic rings. The Kier molecular flexibility index (Phi) is 4.55. The van der Waals surface area contributed by atoms with Gasteiger partial charge in [0.25, 0.3) is 0 Å². The Bertz CT molecular complexity index is 187. The molecule has 14 heavy (non-hydrogen) atoms. The molecule has 0 N–H and O–H groups in total. The Morgan fingerprint density at radius 3 is 2.57 bits per heavy atom. The molecule has 82 valence electrons. The molecule has 1 rings (SSSR count). The van der Waals surface area contributed by atoms with Crippen LogP contribution in [0.4, 0.5) is 0 Å². The first-order valence-electron chi connectivity index (χ1n) is 5.31. The fourth-order valence-corrected chi connectivity index (χ4v) is 2.20. The van der Waals surface area contributed by atoms with Gasteiger partial charge in [-0.3, -0.25) is 4.79 Å². The van der Waals surface area contributed by atoms with E-state index in [-0.39, 0.29) is 12.2 Å². The van der Waals surface area contributed by atoms with E-state index in [1.165, 1.54) is 0 Å². The molecular formula is C11H20O3. The van der Waals surface area contributed by atoms with E-state index in [0.717, 1.165) is 19.3 Å². The highest BCUT2D eigenvalue weighted by Gasteiger charge is 2.34. The van der Waals surface area contributed by atoms with E-state index in [1.807, 2.05) is 0 Å². The Hall–Kier alpha value is -0.410. The van der Waals surface area contributed by atoms with Crippen molar-refractivity contribution >= 4 is 5.78 Å². The van der Waals surface area contributed by atoms with Gasteiger partial charge in [0.05, 0.1) is 5.92 Å². The van der Waals surface area contributed by atoms with Crippen molar-refractivity contribution in [3.05, 3.63) is 0 Å². The van der Waals surface area contributed by atoms with Crippen LogP contribution in [0, 0.1) is 11.8 Å². The summed E-state index contributed by atoms with van der Waals surface area (Å²) in [5.74, 6) is 0.901. The van der Waals surface area contributed by atoms with Crippen molar-refractivity contribution in [2.75, 3.05) is 14.2 Å². The van der Waals surface area contributed by atoms with Crippen LogP contribution in [0.25, 0.3) is 0 Å². The summed E-state index contributed by atoms with van der Waals surface area (Å²) >= 11 is 0. The second-order valence-corrected chi connectivity index (χ2v) is 3.96. The monoisotopic (exact) mass is 200 g/mol. The molecule has 0 aromatic carbocycles. The zero-order valence-corrected chi connectivity index (χ0v) is 9.29. The Morgan fingerprint density at radius 2 is 2.07 bits per heavy atom. The second kappa shape index (κ2) is 5.47. The van der Waals surface area contributed by atoms with Gasteiger partial charge in [0.2, 0.25) is 0 Å². The van der Waals surface area contributed by atoms with Gasteiger partial charge in [-0.15, -0.1) is 0 Å². The van der Waals surface area contributed by atoms with Crippen LogP contribution < -0.4 is 0 Å². The molecule has 1 aliphatic rings. The van der Waals surface area contributed by atoms with E-state index in [1.54, 1.807) is 14.2 Å². The standard InChI is InChI=1S/C11H20O3/c1-4-8-5-6-10(12)9(7-8)11(13-2)14-3/h8-9,11H,4-7H2,1-3H3. The van der Waals surface area contributed by atoms with Crippen LogP contribution in [-0.4, -0.2) is 26.3 Å². The van der Waals surface area contributed by atoms with Gasteiger partial charge in [-0.1, -0.05) is 13.3 Å². The van der Waals surface area contributed by atoms with Crippen molar-refractivity contribution in [2.24, 2.45) is 11.8 Å². The number of ketones is 1. The molecule has 0 heterocycles. The molecule has 0 aromatic heterocycles. The average Bonchev–Trinajstić information content (AvgIpc) is 2.22. The number of methoxy groups -OCH3 is 2. The number of hydrogen-bond acceptors (Lipinski definition) is 3. The molecule has 0 radical (unpaired) electrons. The van der Waals surface area contributed by atoms with E-state index >= 15 is 0 Å². The molecule has 1 fully saturated rings. The van der Waals surface area contributed by atoms with Crippen molar-refractivity contribution in [3.63, 3.8) is 0 Å². The Morgan fingerprint density at radius 1 is 1.43 bits per heavy atom. The molecule has 0 spiro atoms. The minimum absolute atomic E-state index is 0.0521. The molecule has 0 amide bonds. The van der Waals surface area contributed by atoms with Crippen molar-refractivity contribution in [1.29, 1.82) is 0 Å². The summed E-state index contributed by atoms with van der Waals surface area (Å²) in [6.45, 7) is 2.17. The lowest BCUT2D eigenvalue weighted by Gasteiger charge is -2.31. The van der Waals surface area contributed by atoms with Crippen LogP contribution in [0.2, 0.25) is 0 Å². The van der Waals surface area contributed by atoms with Crippen LogP contribution in [0.15, 0.2) is 0 Å². The molecule has 2 unspecified atom stereocenters. The van der Waals surface area contributed by atoms with E-state index in [4.69, 9.17) is 9.47 Å². The Balaban J connectivity index is 2.59. The molecule has 0 saturated heterocycles. The van der Waals surface area contributed by atoms with Crippen molar-refractivity contribution in [3.8, 4) is 0 Å². The maximum atomic E-state index is 11.7. The highest BCUT2D eigenvalue weighted by Crippen LogP contribution is 2.31. The summed E-state index contributed by atoms with van der Waals surface area (Å²) in [4.78, 5) is 11.7. The van der Waals surface area contributed by atoms with E-state index in [2.05, 4.69) is 6.92 Å². The molecule has 1 saturated carbocycles. The van der Waals surface area contributed by atoms with Crippen molar-refractivity contribution in [2.45, 2.75) is 38.9 Å². The summed E-state index contributed by atoms with van der Waals surface area (Å²) in [6, 6.07) is 0. The predicted octanol–water partition coefficient (Wildman–Crippen LogP) is 2.00. The van der Waals surface area contributed by atoms with E-state index < -0.39 is 0 Å². The highest BCUT2D eigenvalue weighted by atomic mass is 16.7. The predicted molar refractivity (Wildman–Crippen MR) is 53.9 cm³/mol. The summed E-state index contributed by atoms with van der Waals surface area (Å²) in [7, 11) is 3.19. The third-order valence-corrected chi connectivity index (χ3v) is 3.17. The summed E-state index contributed by atoms with van der Waals surface area (Å²) in [5, 5.41) is 0. The average molecular weight is 200 g/mol. The zero-order chi connectivity index (χ0) is 10.6. The van der Waals surface area contributed by atoms with Crippen LogP contribution in [0.3, 0.4) is 0 Å². The normalized spacial score (nSPS) is 28.4. The fraction of sp³-hybridized carbons (Fsp3) is 0.909. The van der Waals surface area contributed by atoms with Gasteiger partial charge in [0, 0.05) is 20.6 Å².